The van der Waals surface area contributed by atoms with Gasteiger partial charge in [-0.25, -0.2) is 4.57 Å². The van der Waals surface area contributed by atoms with E-state index in [1.807, 2.05) is 0 Å². The lowest BCUT2D eigenvalue weighted by Crippen LogP contribution is -2.42. The van der Waals surface area contributed by atoms with E-state index in [1.165, 1.54) is 22.4 Å². The van der Waals surface area contributed by atoms with Crippen LogP contribution in [0.15, 0.2) is 36.5 Å². The molecule has 2 aromatic rings. The molecule has 1 aromatic heterocycles. The van der Waals surface area contributed by atoms with Crippen molar-refractivity contribution in [2.45, 2.75) is 59.3 Å². The molecule has 0 atom stereocenters. The normalized spacial score (nSPS) is 20.3. The lowest BCUT2D eigenvalue weighted by Gasteiger charge is -2.44. The van der Waals surface area contributed by atoms with E-state index in [4.69, 9.17) is 0 Å². The molecule has 1 heteroatoms. The Morgan fingerprint density at radius 1 is 0.826 bits per heavy atom. The predicted octanol–water partition coefficient (Wildman–Crippen LogP) is 5.08. The van der Waals surface area contributed by atoms with Crippen LogP contribution in [0.5, 0.6) is 0 Å². The first-order valence-corrected chi connectivity index (χ1v) is 8.63. The molecule has 3 rings (SSSR count). The molecule has 1 nitrogen and oxygen atoms in total. The van der Waals surface area contributed by atoms with Gasteiger partial charge in [0.05, 0.1) is 0 Å². The van der Waals surface area contributed by atoms with E-state index >= 15 is 0 Å². The van der Waals surface area contributed by atoms with E-state index in [0.29, 0.717) is 0 Å². The fourth-order valence-electron chi connectivity index (χ4n) is 4.55. The number of aryl methyl sites for hydroxylation is 1. The Morgan fingerprint density at radius 3 is 2.09 bits per heavy atom. The molecule has 0 amide bonds. The van der Waals surface area contributed by atoms with Gasteiger partial charge in [-0.05, 0) is 52.0 Å². The first kappa shape index (κ1) is 16.2. The highest BCUT2D eigenvalue weighted by atomic mass is 14.9. The van der Waals surface area contributed by atoms with Crippen molar-refractivity contribution in [1.82, 2.24) is 0 Å². The number of hydrogen-bond acceptors (Lipinski definition) is 0. The summed E-state index contributed by atoms with van der Waals surface area (Å²) in [6, 6.07) is 11.1. The minimum Gasteiger partial charge on any atom is -0.201 e. The summed E-state index contributed by atoms with van der Waals surface area (Å²) in [6.45, 7) is 16.8. The number of benzene rings is 1. The van der Waals surface area contributed by atoms with Crippen LogP contribution >= 0.6 is 0 Å². The van der Waals surface area contributed by atoms with Gasteiger partial charge in [0.2, 0.25) is 5.69 Å². The van der Waals surface area contributed by atoms with Gasteiger partial charge in [-0.3, -0.25) is 0 Å². The summed E-state index contributed by atoms with van der Waals surface area (Å²) in [6.07, 6.45) is 2.13. The zero-order valence-electron chi connectivity index (χ0n) is 15.9. The summed E-state index contributed by atoms with van der Waals surface area (Å²) in [4.78, 5) is 0. The Morgan fingerprint density at radius 2 is 1.48 bits per heavy atom. The Hall–Kier alpha value is -1.63. The Bertz CT molecular complexity index is 779. The van der Waals surface area contributed by atoms with E-state index in [0.717, 1.165) is 0 Å². The van der Waals surface area contributed by atoms with E-state index < -0.39 is 0 Å². The van der Waals surface area contributed by atoms with Crippen molar-refractivity contribution in [3.63, 3.8) is 0 Å². The van der Waals surface area contributed by atoms with Crippen molar-refractivity contribution in [1.29, 1.82) is 0 Å². The molecule has 0 unspecified atom stereocenters. The molecule has 0 bridgehead atoms. The van der Waals surface area contributed by atoms with Gasteiger partial charge >= 0.3 is 0 Å². The van der Waals surface area contributed by atoms with E-state index in [2.05, 4.69) is 96.6 Å². The Kier molecular flexibility index (Phi) is 3.31. The number of nitrogens with zero attached hydrogens (tertiary/aromatic N) is 1. The number of aromatic nitrogens is 1. The van der Waals surface area contributed by atoms with Gasteiger partial charge in [0.1, 0.15) is 7.05 Å². The van der Waals surface area contributed by atoms with Crippen LogP contribution in [0, 0.1) is 12.3 Å². The Balaban J connectivity index is 2.34. The second kappa shape index (κ2) is 4.69. The summed E-state index contributed by atoms with van der Waals surface area (Å²) in [5, 5.41) is 0. The topological polar surface area (TPSA) is 3.88 Å². The SMILES string of the molecule is Cc1c(-c2cccc[n+]2C)ccc2c1C(C)(C)C(C)(C)C2(C)C. The third kappa shape index (κ3) is 1.89. The molecule has 0 fully saturated rings. The van der Waals surface area contributed by atoms with Crippen LogP contribution in [0.25, 0.3) is 11.3 Å². The molecule has 1 aromatic carbocycles. The highest BCUT2D eigenvalue weighted by Gasteiger charge is 2.57. The molecule has 0 saturated heterocycles. The third-order valence-corrected chi connectivity index (χ3v) is 7.22. The molecule has 23 heavy (non-hydrogen) atoms. The maximum Gasteiger partial charge on any atom is 0.212 e. The first-order chi connectivity index (χ1) is 10.5. The van der Waals surface area contributed by atoms with Crippen LogP contribution in [0.3, 0.4) is 0 Å². The van der Waals surface area contributed by atoms with Gasteiger partial charge in [-0.15, -0.1) is 0 Å². The molecular formula is C22H30N+. The summed E-state index contributed by atoms with van der Waals surface area (Å²) >= 11 is 0. The minimum absolute atomic E-state index is 0.152. The van der Waals surface area contributed by atoms with Crippen LogP contribution in [-0.2, 0) is 17.9 Å². The zero-order valence-corrected chi connectivity index (χ0v) is 15.9. The van der Waals surface area contributed by atoms with Gasteiger partial charge in [-0.2, -0.15) is 0 Å². The quantitative estimate of drug-likeness (QED) is 0.647. The monoisotopic (exact) mass is 308 g/mol. The van der Waals surface area contributed by atoms with Crippen molar-refractivity contribution in [2.75, 3.05) is 0 Å². The van der Waals surface area contributed by atoms with Crippen molar-refractivity contribution in [3.8, 4) is 11.3 Å². The van der Waals surface area contributed by atoms with Gasteiger partial charge in [0.15, 0.2) is 6.20 Å². The molecule has 0 saturated carbocycles. The van der Waals surface area contributed by atoms with Crippen LogP contribution in [0.2, 0.25) is 0 Å². The third-order valence-electron chi connectivity index (χ3n) is 7.22. The fraction of sp³-hybridized carbons (Fsp3) is 0.500. The number of pyridine rings is 1. The predicted molar refractivity (Wildman–Crippen MR) is 97.6 cm³/mol. The molecular weight excluding hydrogens is 278 g/mol. The maximum atomic E-state index is 2.43. The molecule has 1 aliphatic carbocycles. The molecule has 0 spiro atoms. The second-order valence-electron chi connectivity index (χ2n) is 8.73. The molecule has 0 radical (unpaired) electrons. The minimum atomic E-state index is 0.152. The van der Waals surface area contributed by atoms with Crippen LogP contribution in [-0.4, -0.2) is 0 Å². The number of rotatable bonds is 1. The van der Waals surface area contributed by atoms with E-state index in [9.17, 15) is 0 Å². The zero-order chi connectivity index (χ0) is 17.2. The number of hydrogen-bond donors (Lipinski definition) is 0. The average molecular weight is 308 g/mol. The van der Waals surface area contributed by atoms with Crippen molar-refractivity contribution in [2.24, 2.45) is 12.5 Å². The molecule has 122 valence electrons. The Labute approximate surface area is 141 Å². The van der Waals surface area contributed by atoms with Crippen molar-refractivity contribution < 1.29 is 4.57 Å². The first-order valence-electron chi connectivity index (χ1n) is 8.63. The fourth-order valence-corrected chi connectivity index (χ4v) is 4.55. The van der Waals surface area contributed by atoms with Crippen LogP contribution in [0.4, 0.5) is 0 Å². The highest BCUT2D eigenvalue weighted by molar-refractivity contribution is 5.68. The van der Waals surface area contributed by atoms with Gasteiger partial charge in [-0.1, -0.05) is 47.6 Å². The van der Waals surface area contributed by atoms with Crippen molar-refractivity contribution >= 4 is 0 Å². The van der Waals surface area contributed by atoms with E-state index in [-0.39, 0.29) is 16.2 Å². The standard InChI is InChI=1S/C22H30N/c1-15-16(18-11-9-10-14-23(18)8)12-13-17-19(15)21(4,5)22(6,7)20(17,2)3/h9-14H,1-8H3/q+1. The summed E-state index contributed by atoms with van der Waals surface area (Å²) in [5.74, 6) is 0. The smallest absolute Gasteiger partial charge is 0.201 e. The number of fused-ring (bicyclic) bond motifs is 1. The lowest BCUT2D eigenvalue weighted by molar-refractivity contribution is -0.660. The molecule has 0 aliphatic heterocycles. The van der Waals surface area contributed by atoms with Crippen molar-refractivity contribution in [3.05, 3.63) is 53.2 Å². The largest absolute Gasteiger partial charge is 0.212 e. The van der Waals surface area contributed by atoms with Gasteiger partial charge in [0, 0.05) is 17.7 Å². The van der Waals surface area contributed by atoms with Gasteiger partial charge in [0.25, 0.3) is 0 Å². The summed E-state index contributed by atoms with van der Waals surface area (Å²) in [5.41, 5.74) is 7.69. The van der Waals surface area contributed by atoms with Crippen LogP contribution in [0.1, 0.15) is 58.2 Å². The highest BCUT2D eigenvalue weighted by Crippen LogP contribution is 2.62. The van der Waals surface area contributed by atoms with E-state index in [1.54, 1.807) is 5.56 Å². The second-order valence-corrected chi connectivity index (χ2v) is 8.73. The average Bonchev–Trinajstić information content (AvgIpc) is 2.56. The molecule has 1 heterocycles. The summed E-state index contributed by atoms with van der Waals surface area (Å²) in [7, 11) is 2.13. The lowest BCUT2D eigenvalue weighted by atomic mass is 9.59. The maximum absolute atomic E-state index is 2.43. The molecule has 1 aliphatic rings. The summed E-state index contributed by atoms with van der Waals surface area (Å²) < 4.78 is 2.22. The molecule has 0 N–H and O–H groups in total. The van der Waals surface area contributed by atoms with Crippen LogP contribution < -0.4 is 4.57 Å². The van der Waals surface area contributed by atoms with Gasteiger partial charge < -0.3 is 0 Å².